The van der Waals surface area contributed by atoms with Gasteiger partial charge < -0.3 is 19.9 Å². The van der Waals surface area contributed by atoms with Gasteiger partial charge in [0.05, 0.1) is 6.10 Å². The number of ether oxygens (including phenoxy) is 2. The summed E-state index contributed by atoms with van der Waals surface area (Å²) in [5, 5.41) is 13.8. The molecule has 20 heavy (non-hydrogen) atoms. The lowest BCUT2D eigenvalue weighted by atomic mass is 9.95. The van der Waals surface area contributed by atoms with Gasteiger partial charge in [0, 0.05) is 12.6 Å². The van der Waals surface area contributed by atoms with Crippen molar-refractivity contribution in [3.63, 3.8) is 0 Å². The van der Waals surface area contributed by atoms with E-state index in [0.29, 0.717) is 25.8 Å². The summed E-state index contributed by atoms with van der Waals surface area (Å²) in [7, 11) is 0. The van der Waals surface area contributed by atoms with Crippen LogP contribution in [0.4, 0.5) is 0 Å². The highest BCUT2D eigenvalue weighted by molar-refractivity contribution is 5.44. The molecule has 0 bridgehead atoms. The van der Waals surface area contributed by atoms with Crippen LogP contribution in [0.3, 0.4) is 0 Å². The minimum Gasteiger partial charge on any atom is -0.486 e. The maximum Gasteiger partial charge on any atom is 0.161 e. The first-order chi connectivity index (χ1) is 9.83. The lowest BCUT2D eigenvalue weighted by Gasteiger charge is -2.25. The van der Waals surface area contributed by atoms with E-state index in [4.69, 9.17) is 9.47 Å². The van der Waals surface area contributed by atoms with Crippen LogP contribution in [0.5, 0.6) is 11.5 Å². The van der Waals surface area contributed by atoms with E-state index < -0.39 is 6.10 Å². The molecule has 2 N–H and O–H groups in total. The van der Waals surface area contributed by atoms with Gasteiger partial charge in [-0.1, -0.05) is 25.3 Å². The Hall–Kier alpha value is -1.26. The van der Waals surface area contributed by atoms with Gasteiger partial charge in [0.15, 0.2) is 11.5 Å². The number of aliphatic hydroxyl groups is 1. The number of nitrogens with one attached hydrogen (secondary N) is 1. The maximum absolute atomic E-state index is 10.3. The van der Waals surface area contributed by atoms with Crippen molar-refractivity contribution in [3.05, 3.63) is 23.8 Å². The van der Waals surface area contributed by atoms with Gasteiger partial charge in [-0.15, -0.1) is 0 Å². The van der Waals surface area contributed by atoms with Gasteiger partial charge in [-0.25, -0.2) is 0 Å². The van der Waals surface area contributed by atoms with Crippen LogP contribution in [0.2, 0.25) is 0 Å². The van der Waals surface area contributed by atoms with Crippen molar-refractivity contribution < 1.29 is 14.6 Å². The summed E-state index contributed by atoms with van der Waals surface area (Å²) in [5.74, 6) is 1.51. The minimum atomic E-state index is -0.493. The summed E-state index contributed by atoms with van der Waals surface area (Å²) >= 11 is 0. The molecule has 1 aliphatic carbocycles. The average Bonchev–Trinajstić information content (AvgIpc) is 2.53. The first kappa shape index (κ1) is 13.7. The van der Waals surface area contributed by atoms with E-state index in [1.165, 1.54) is 32.1 Å². The van der Waals surface area contributed by atoms with Gasteiger partial charge in [-0.05, 0) is 30.5 Å². The van der Waals surface area contributed by atoms with E-state index in [2.05, 4.69) is 5.32 Å². The lowest BCUT2D eigenvalue weighted by molar-refractivity contribution is 0.158. The second-order valence-corrected chi connectivity index (χ2v) is 5.66. The molecule has 3 rings (SSSR count). The zero-order valence-corrected chi connectivity index (χ0v) is 11.8. The molecule has 4 nitrogen and oxygen atoms in total. The van der Waals surface area contributed by atoms with Crippen molar-refractivity contribution in [2.75, 3.05) is 19.8 Å². The molecule has 2 aliphatic rings. The molecular formula is C16H23NO3. The third kappa shape index (κ3) is 3.25. The SMILES string of the molecule is OC(CNC1CCCCC1)c1ccc2c(c1)OCCO2. The largest absolute Gasteiger partial charge is 0.486 e. The predicted molar refractivity (Wildman–Crippen MR) is 77.3 cm³/mol. The lowest BCUT2D eigenvalue weighted by Crippen LogP contribution is -2.34. The maximum atomic E-state index is 10.3. The molecule has 1 aliphatic heterocycles. The van der Waals surface area contributed by atoms with E-state index in [0.717, 1.165) is 17.1 Å². The van der Waals surface area contributed by atoms with Crippen LogP contribution >= 0.6 is 0 Å². The Morgan fingerprint density at radius 2 is 1.85 bits per heavy atom. The Morgan fingerprint density at radius 1 is 1.10 bits per heavy atom. The van der Waals surface area contributed by atoms with Crippen LogP contribution < -0.4 is 14.8 Å². The van der Waals surface area contributed by atoms with Crippen molar-refractivity contribution in [2.45, 2.75) is 44.2 Å². The molecule has 4 heteroatoms. The number of benzene rings is 1. The summed E-state index contributed by atoms with van der Waals surface area (Å²) < 4.78 is 11.0. The third-order valence-corrected chi connectivity index (χ3v) is 4.16. The van der Waals surface area contributed by atoms with Crippen molar-refractivity contribution >= 4 is 0 Å². The number of rotatable bonds is 4. The Labute approximate surface area is 120 Å². The van der Waals surface area contributed by atoms with E-state index in [9.17, 15) is 5.11 Å². The molecule has 1 unspecified atom stereocenters. The van der Waals surface area contributed by atoms with Crippen LogP contribution in [0.1, 0.15) is 43.8 Å². The first-order valence-corrected chi connectivity index (χ1v) is 7.64. The zero-order valence-electron chi connectivity index (χ0n) is 11.8. The molecule has 1 aromatic rings. The fraction of sp³-hybridized carbons (Fsp3) is 0.625. The third-order valence-electron chi connectivity index (χ3n) is 4.16. The van der Waals surface area contributed by atoms with E-state index >= 15 is 0 Å². The van der Waals surface area contributed by atoms with Gasteiger partial charge >= 0.3 is 0 Å². The van der Waals surface area contributed by atoms with Crippen LogP contribution in [-0.2, 0) is 0 Å². The second-order valence-electron chi connectivity index (χ2n) is 5.66. The van der Waals surface area contributed by atoms with Crippen LogP contribution in [0.25, 0.3) is 0 Å². The summed E-state index contributed by atoms with van der Waals surface area (Å²) in [6.45, 7) is 1.77. The molecule has 0 radical (unpaired) electrons. The molecular weight excluding hydrogens is 254 g/mol. The second kappa shape index (κ2) is 6.46. The topological polar surface area (TPSA) is 50.7 Å². The summed E-state index contributed by atoms with van der Waals surface area (Å²) in [6, 6.07) is 6.26. The summed E-state index contributed by atoms with van der Waals surface area (Å²) in [6.07, 6.45) is 5.92. The van der Waals surface area contributed by atoms with E-state index in [1.807, 2.05) is 18.2 Å². The summed E-state index contributed by atoms with van der Waals surface area (Å²) in [5.41, 5.74) is 0.887. The molecule has 0 aromatic heterocycles. The van der Waals surface area contributed by atoms with Gasteiger partial charge in [0.25, 0.3) is 0 Å². The minimum absolute atomic E-state index is 0.493. The fourth-order valence-corrected chi connectivity index (χ4v) is 2.97. The molecule has 1 atom stereocenters. The van der Waals surface area contributed by atoms with Gasteiger partial charge in [-0.2, -0.15) is 0 Å². The molecule has 110 valence electrons. The average molecular weight is 277 g/mol. The van der Waals surface area contributed by atoms with E-state index in [-0.39, 0.29) is 0 Å². The summed E-state index contributed by atoms with van der Waals surface area (Å²) in [4.78, 5) is 0. The van der Waals surface area contributed by atoms with Crippen molar-refractivity contribution in [1.29, 1.82) is 0 Å². The number of fused-ring (bicyclic) bond motifs is 1. The number of hydrogen-bond donors (Lipinski definition) is 2. The fourth-order valence-electron chi connectivity index (χ4n) is 2.97. The first-order valence-electron chi connectivity index (χ1n) is 7.64. The number of hydrogen-bond acceptors (Lipinski definition) is 4. The normalized spacial score (nSPS) is 20.6. The molecule has 0 amide bonds. The van der Waals surface area contributed by atoms with Crippen molar-refractivity contribution in [2.24, 2.45) is 0 Å². The molecule has 1 fully saturated rings. The molecule has 1 aromatic carbocycles. The Morgan fingerprint density at radius 3 is 2.65 bits per heavy atom. The molecule has 1 saturated carbocycles. The highest BCUT2D eigenvalue weighted by Gasteiger charge is 2.17. The van der Waals surface area contributed by atoms with Crippen LogP contribution in [0, 0.1) is 0 Å². The quantitative estimate of drug-likeness (QED) is 0.887. The van der Waals surface area contributed by atoms with Crippen molar-refractivity contribution in [3.8, 4) is 11.5 Å². The van der Waals surface area contributed by atoms with Gasteiger partial charge in [0.1, 0.15) is 13.2 Å². The zero-order chi connectivity index (χ0) is 13.8. The van der Waals surface area contributed by atoms with Crippen LogP contribution in [-0.4, -0.2) is 30.9 Å². The smallest absolute Gasteiger partial charge is 0.161 e. The monoisotopic (exact) mass is 277 g/mol. The Bertz CT molecular complexity index is 443. The Kier molecular flexibility index (Phi) is 4.43. The molecule has 1 heterocycles. The Balaban J connectivity index is 1.57. The van der Waals surface area contributed by atoms with Crippen molar-refractivity contribution in [1.82, 2.24) is 5.32 Å². The van der Waals surface area contributed by atoms with Gasteiger partial charge in [0.2, 0.25) is 0 Å². The van der Waals surface area contributed by atoms with E-state index in [1.54, 1.807) is 0 Å². The highest BCUT2D eigenvalue weighted by Crippen LogP contribution is 2.32. The standard InChI is InChI=1S/C16H23NO3/c18-14(11-17-13-4-2-1-3-5-13)12-6-7-15-16(10-12)20-9-8-19-15/h6-7,10,13-14,17-18H,1-5,8-9,11H2. The van der Waals surface area contributed by atoms with Gasteiger partial charge in [-0.3, -0.25) is 0 Å². The van der Waals surface area contributed by atoms with Crippen LogP contribution in [0.15, 0.2) is 18.2 Å². The predicted octanol–water partition coefficient (Wildman–Crippen LogP) is 2.41. The molecule has 0 spiro atoms. The highest BCUT2D eigenvalue weighted by atomic mass is 16.6. The molecule has 0 saturated heterocycles. The number of aliphatic hydroxyl groups excluding tert-OH is 1.